The van der Waals surface area contributed by atoms with Crippen molar-refractivity contribution in [1.29, 1.82) is 0 Å². The van der Waals surface area contributed by atoms with Crippen LogP contribution in [0, 0.1) is 10.1 Å². The van der Waals surface area contributed by atoms with Crippen molar-refractivity contribution in [3.05, 3.63) is 33.9 Å². The van der Waals surface area contributed by atoms with Gasteiger partial charge in [0.1, 0.15) is 0 Å². The van der Waals surface area contributed by atoms with Crippen LogP contribution in [0.4, 0.5) is 11.4 Å². The smallest absolute Gasteiger partial charge is 0.282 e. The summed E-state index contributed by atoms with van der Waals surface area (Å²) in [7, 11) is 0. The summed E-state index contributed by atoms with van der Waals surface area (Å²) in [4.78, 5) is 23.9. The first-order chi connectivity index (χ1) is 9.51. The number of benzene rings is 1. The fourth-order valence-electron chi connectivity index (χ4n) is 1.95. The third kappa shape index (κ3) is 4.03. The van der Waals surface area contributed by atoms with Crippen LogP contribution in [-0.2, 0) is 4.74 Å². The van der Waals surface area contributed by atoms with Crippen LogP contribution in [0.1, 0.15) is 31.1 Å². The minimum atomic E-state index is -0.517. The monoisotopic (exact) mass is 280 g/mol. The maximum absolute atomic E-state index is 11.4. The summed E-state index contributed by atoms with van der Waals surface area (Å²) in [6, 6.07) is 4.70. The molecule has 1 rings (SSSR count). The average molecular weight is 280 g/mol. The van der Waals surface area contributed by atoms with Gasteiger partial charge in [-0.1, -0.05) is 0 Å². The summed E-state index contributed by atoms with van der Waals surface area (Å²) in [6.07, 6.45) is 0. The van der Waals surface area contributed by atoms with Crippen molar-refractivity contribution < 1.29 is 14.5 Å². The average Bonchev–Trinajstić information content (AvgIpc) is 2.43. The number of likely N-dealkylation sites (N-methyl/N-ethyl adjacent to an activating group) is 1. The zero-order chi connectivity index (χ0) is 15.1. The van der Waals surface area contributed by atoms with Crippen molar-refractivity contribution in [2.75, 3.05) is 31.2 Å². The van der Waals surface area contributed by atoms with Crippen LogP contribution in [0.2, 0.25) is 0 Å². The molecule has 0 saturated carbocycles. The quantitative estimate of drug-likeness (QED) is 0.317. The number of ketones is 1. The first-order valence-electron chi connectivity index (χ1n) is 6.63. The van der Waals surface area contributed by atoms with E-state index in [1.807, 2.05) is 18.7 Å². The molecular formula is C14H20N2O4. The number of nitro groups is 1. The van der Waals surface area contributed by atoms with Crippen LogP contribution < -0.4 is 4.90 Å². The molecule has 0 saturated heterocycles. The molecule has 0 fully saturated rings. The second-order valence-corrected chi connectivity index (χ2v) is 4.29. The van der Waals surface area contributed by atoms with E-state index in [1.165, 1.54) is 19.1 Å². The number of carbonyl (C=O) groups excluding carboxylic acids is 1. The van der Waals surface area contributed by atoms with E-state index in [4.69, 9.17) is 4.74 Å². The molecule has 0 bridgehead atoms. The molecule has 0 aromatic heterocycles. The van der Waals surface area contributed by atoms with Gasteiger partial charge in [-0.2, -0.15) is 0 Å². The highest BCUT2D eigenvalue weighted by molar-refractivity contribution is 5.98. The van der Waals surface area contributed by atoms with E-state index < -0.39 is 4.92 Å². The Hall–Kier alpha value is -1.95. The number of carbonyl (C=O) groups is 1. The Morgan fingerprint density at radius 2 is 2.10 bits per heavy atom. The lowest BCUT2D eigenvalue weighted by Crippen LogP contribution is -2.27. The van der Waals surface area contributed by atoms with E-state index in [1.54, 1.807) is 6.07 Å². The van der Waals surface area contributed by atoms with Crippen molar-refractivity contribution in [3.8, 4) is 0 Å². The van der Waals surface area contributed by atoms with E-state index in [9.17, 15) is 14.9 Å². The second-order valence-electron chi connectivity index (χ2n) is 4.29. The largest absolute Gasteiger partial charge is 0.380 e. The molecule has 0 aliphatic rings. The molecule has 1 aromatic rings. The van der Waals surface area contributed by atoms with E-state index in [-0.39, 0.29) is 17.0 Å². The molecule has 0 aliphatic heterocycles. The highest BCUT2D eigenvalue weighted by atomic mass is 16.6. The Labute approximate surface area is 118 Å². The maximum Gasteiger partial charge on any atom is 0.282 e. The predicted octanol–water partition coefficient (Wildman–Crippen LogP) is 2.66. The lowest BCUT2D eigenvalue weighted by atomic mass is 10.1. The summed E-state index contributed by atoms with van der Waals surface area (Å²) >= 11 is 0. The van der Waals surface area contributed by atoms with Crippen LogP contribution in [0.5, 0.6) is 0 Å². The van der Waals surface area contributed by atoms with Crippen molar-refractivity contribution >= 4 is 17.2 Å². The zero-order valence-electron chi connectivity index (χ0n) is 12.1. The first-order valence-corrected chi connectivity index (χ1v) is 6.63. The molecule has 20 heavy (non-hydrogen) atoms. The van der Waals surface area contributed by atoms with Gasteiger partial charge >= 0.3 is 0 Å². The van der Waals surface area contributed by atoms with Crippen molar-refractivity contribution in [3.63, 3.8) is 0 Å². The van der Waals surface area contributed by atoms with Crippen LogP contribution in [0.15, 0.2) is 18.2 Å². The standard InChI is InChI=1S/C14H20N2O4/c1-4-15(8-9-20-5-2)12-6-7-13(11(3)17)14(10-12)16(18)19/h6-7,10H,4-5,8-9H2,1-3H3. The lowest BCUT2D eigenvalue weighted by Gasteiger charge is -2.23. The normalized spacial score (nSPS) is 10.3. The van der Waals surface area contributed by atoms with E-state index in [0.29, 0.717) is 26.3 Å². The number of Topliss-reactive ketones (excluding diaryl/α,β-unsaturated/α-hetero) is 1. The fourth-order valence-corrected chi connectivity index (χ4v) is 1.95. The molecular weight excluding hydrogens is 260 g/mol. The fraction of sp³-hybridized carbons (Fsp3) is 0.500. The molecule has 0 N–H and O–H groups in total. The van der Waals surface area contributed by atoms with Gasteiger partial charge in [0.15, 0.2) is 5.78 Å². The lowest BCUT2D eigenvalue weighted by molar-refractivity contribution is -0.385. The van der Waals surface area contributed by atoms with Crippen LogP contribution in [-0.4, -0.2) is 37.0 Å². The second kappa shape index (κ2) is 7.59. The maximum atomic E-state index is 11.4. The number of hydrogen-bond donors (Lipinski definition) is 0. The Kier molecular flexibility index (Phi) is 6.11. The van der Waals surface area contributed by atoms with Gasteiger partial charge in [-0.15, -0.1) is 0 Å². The molecule has 6 nitrogen and oxygen atoms in total. The minimum Gasteiger partial charge on any atom is -0.380 e. The molecule has 0 radical (unpaired) electrons. The van der Waals surface area contributed by atoms with Gasteiger partial charge in [-0.25, -0.2) is 0 Å². The van der Waals surface area contributed by atoms with Crippen LogP contribution in [0.25, 0.3) is 0 Å². The topological polar surface area (TPSA) is 72.7 Å². The Bertz CT molecular complexity index is 488. The number of rotatable bonds is 8. The summed E-state index contributed by atoms with van der Waals surface area (Å²) in [5.74, 6) is -0.305. The van der Waals surface area contributed by atoms with Crippen LogP contribution in [0.3, 0.4) is 0 Å². The highest BCUT2D eigenvalue weighted by Gasteiger charge is 2.19. The first kappa shape index (κ1) is 16.1. The van der Waals surface area contributed by atoms with E-state index >= 15 is 0 Å². The van der Waals surface area contributed by atoms with Gasteiger partial charge in [-0.3, -0.25) is 14.9 Å². The molecule has 0 aliphatic carbocycles. The van der Waals surface area contributed by atoms with Gasteiger partial charge in [0, 0.05) is 31.5 Å². The molecule has 6 heteroatoms. The van der Waals surface area contributed by atoms with E-state index in [2.05, 4.69) is 0 Å². The number of ether oxygens (including phenoxy) is 1. The molecule has 0 amide bonds. The molecule has 110 valence electrons. The highest BCUT2D eigenvalue weighted by Crippen LogP contribution is 2.26. The van der Waals surface area contributed by atoms with E-state index in [0.717, 1.165) is 5.69 Å². The number of anilines is 1. The van der Waals surface area contributed by atoms with Gasteiger partial charge < -0.3 is 9.64 Å². The van der Waals surface area contributed by atoms with Crippen molar-refractivity contribution in [2.45, 2.75) is 20.8 Å². The number of nitrogens with zero attached hydrogens (tertiary/aromatic N) is 2. The summed E-state index contributed by atoms with van der Waals surface area (Å²) < 4.78 is 5.30. The number of hydrogen-bond acceptors (Lipinski definition) is 5. The Morgan fingerprint density at radius 1 is 1.40 bits per heavy atom. The summed E-state index contributed by atoms with van der Waals surface area (Å²) in [5.41, 5.74) is 0.716. The van der Waals surface area contributed by atoms with Gasteiger partial charge in [0.05, 0.1) is 17.1 Å². The Balaban J connectivity index is 3.02. The van der Waals surface area contributed by atoms with Gasteiger partial charge in [-0.05, 0) is 32.9 Å². The molecule has 1 aromatic carbocycles. The molecule has 0 atom stereocenters. The van der Waals surface area contributed by atoms with Crippen molar-refractivity contribution in [2.24, 2.45) is 0 Å². The van der Waals surface area contributed by atoms with Gasteiger partial charge in [0.25, 0.3) is 5.69 Å². The SMILES string of the molecule is CCOCCN(CC)c1ccc(C(C)=O)c([N+](=O)[O-])c1. The van der Waals surface area contributed by atoms with Crippen LogP contribution >= 0.6 is 0 Å². The third-order valence-corrected chi connectivity index (χ3v) is 3.01. The number of nitro benzene ring substituents is 1. The van der Waals surface area contributed by atoms with Crippen molar-refractivity contribution in [1.82, 2.24) is 0 Å². The summed E-state index contributed by atoms with van der Waals surface area (Å²) in [6.45, 7) is 7.78. The Morgan fingerprint density at radius 3 is 2.60 bits per heavy atom. The molecule has 0 unspecified atom stereocenters. The minimum absolute atomic E-state index is 0.139. The third-order valence-electron chi connectivity index (χ3n) is 3.01. The predicted molar refractivity (Wildman–Crippen MR) is 77.5 cm³/mol. The summed E-state index contributed by atoms with van der Waals surface area (Å²) in [5, 5.41) is 11.1. The molecule has 0 spiro atoms. The molecule has 0 heterocycles. The van der Waals surface area contributed by atoms with Gasteiger partial charge in [0.2, 0.25) is 0 Å². The zero-order valence-corrected chi connectivity index (χ0v) is 12.1.